The molecule has 9 heteroatoms. The lowest BCUT2D eigenvalue weighted by atomic mass is 9.97. The number of hydrogen-bond donors (Lipinski definition) is 1. The van der Waals surface area contributed by atoms with E-state index in [2.05, 4.69) is 59.8 Å². The van der Waals surface area contributed by atoms with E-state index in [1.807, 2.05) is 55.8 Å². The Kier molecular flexibility index (Phi) is 10.6. The summed E-state index contributed by atoms with van der Waals surface area (Å²) in [5.41, 5.74) is 5.04. The molecule has 3 heterocycles. The number of aliphatic hydroxyl groups is 1. The minimum absolute atomic E-state index is 0.476. The van der Waals surface area contributed by atoms with Gasteiger partial charge in [-0.05, 0) is 81.5 Å². The van der Waals surface area contributed by atoms with Gasteiger partial charge in [-0.2, -0.15) is 0 Å². The normalized spacial score (nSPS) is 18.5. The highest BCUT2D eigenvalue weighted by molar-refractivity contribution is 6.76. The number of benzene rings is 2. The first kappa shape index (κ1) is 34.6. The van der Waals surface area contributed by atoms with Crippen molar-refractivity contribution in [3.8, 4) is 11.5 Å². The van der Waals surface area contributed by atoms with Crippen molar-refractivity contribution in [3.05, 3.63) is 83.7 Å². The predicted molar refractivity (Wildman–Crippen MR) is 197 cm³/mol. The molecule has 1 unspecified atom stereocenters. The lowest BCUT2D eigenvalue weighted by Gasteiger charge is -2.40. The maximum absolute atomic E-state index is 11.2. The van der Waals surface area contributed by atoms with Crippen LogP contribution in [0.1, 0.15) is 69.1 Å². The van der Waals surface area contributed by atoms with Gasteiger partial charge >= 0.3 is 0 Å². The second-order valence-corrected chi connectivity index (χ2v) is 21.2. The highest BCUT2D eigenvalue weighted by Gasteiger charge is 2.29. The molecule has 0 saturated carbocycles. The van der Waals surface area contributed by atoms with Gasteiger partial charge in [0.25, 0.3) is 0 Å². The monoisotopic (exact) mass is 670 g/mol. The van der Waals surface area contributed by atoms with Crippen LogP contribution in [-0.2, 0) is 22.6 Å². The van der Waals surface area contributed by atoms with Gasteiger partial charge in [0.2, 0.25) is 0 Å². The number of nitrogens with zero attached hydrogens (tertiary/aromatic N) is 4. The smallest absolute Gasteiger partial charge is 0.185 e. The van der Waals surface area contributed by atoms with E-state index in [9.17, 15) is 5.11 Å². The van der Waals surface area contributed by atoms with E-state index >= 15 is 0 Å². The Hall–Kier alpha value is -3.21. The van der Waals surface area contributed by atoms with Crippen molar-refractivity contribution in [1.29, 1.82) is 0 Å². The van der Waals surface area contributed by atoms with Crippen LogP contribution in [0.15, 0.2) is 67.0 Å². The average Bonchev–Trinajstić information content (AvgIpc) is 3.31. The molecule has 1 aliphatic heterocycles. The number of aromatic nitrogens is 2. The van der Waals surface area contributed by atoms with E-state index in [0.29, 0.717) is 29.8 Å². The Balaban J connectivity index is 1.18. The molecule has 0 amide bonds. The van der Waals surface area contributed by atoms with E-state index in [0.717, 1.165) is 55.6 Å². The molecule has 0 spiro atoms. The van der Waals surface area contributed by atoms with Crippen molar-refractivity contribution in [3.63, 3.8) is 0 Å². The number of fused-ring (bicyclic) bond motifs is 2. The van der Waals surface area contributed by atoms with Gasteiger partial charge in [0.1, 0.15) is 23.9 Å². The van der Waals surface area contributed by atoms with Crippen LogP contribution >= 0.6 is 0 Å². The number of hydrogen-bond acceptors (Lipinski definition) is 7. The molecule has 48 heavy (non-hydrogen) atoms. The molecule has 1 fully saturated rings. The summed E-state index contributed by atoms with van der Waals surface area (Å²) in [4.78, 5) is 9.85. The molecule has 2 aromatic carbocycles. The van der Waals surface area contributed by atoms with Crippen molar-refractivity contribution in [1.82, 2.24) is 14.5 Å². The Labute approximate surface area is 287 Å². The summed E-state index contributed by atoms with van der Waals surface area (Å²) in [7, 11) is -1.14. The standard InChI is InChI=1S/C39H54N4O4Si/c1-39(2,3)47-38(44)34-16-15-31(41-19-21-42(22-20-41)35-14-10-8-12-29-11-7-9-13-33(29)35)26-36(34)46-32-25-30-17-18-43(37(30)40-27-32)28-45-23-24-48(4,5)6/h7,9,11,13,15-18,25-27,35,38,44H,8,10,12,14,19-24,28H2,1-6H3/t35-,38?/m1/s1. The minimum atomic E-state index is -1.14. The largest absolute Gasteiger partial charge is 0.455 e. The quantitative estimate of drug-likeness (QED) is 0.0742. The molecule has 2 aromatic heterocycles. The summed E-state index contributed by atoms with van der Waals surface area (Å²) >= 11 is 0. The van der Waals surface area contributed by atoms with Gasteiger partial charge in [0, 0.05) is 70.2 Å². The molecule has 2 aliphatic rings. The molecule has 1 N–H and O–H groups in total. The number of aliphatic hydroxyl groups excluding tert-OH is 1. The molecule has 8 nitrogen and oxygen atoms in total. The van der Waals surface area contributed by atoms with Crippen LogP contribution < -0.4 is 9.64 Å². The molecular formula is C39H54N4O4Si. The Morgan fingerprint density at radius 1 is 0.979 bits per heavy atom. The summed E-state index contributed by atoms with van der Waals surface area (Å²) in [6.45, 7) is 18.0. The molecule has 1 aliphatic carbocycles. The zero-order valence-electron chi connectivity index (χ0n) is 29.7. The van der Waals surface area contributed by atoms with Gasteiger partial charge in [-0.3, -0.25) is 4.90 Å². The third-order valence-electron chi connectivity index (χ3n) is 9.47. The minimum Gasteiger partial charge on any atom is -0.455 e. The summed E-state index contributed by atoms with van der Waals surface area (Å²) in [5.74, 6) is 1.18. The van der Waals surface area contributed by atoms with Gasteiger partial charge in [-0.1, -0.05) is 50.3 Å². The Morgan fingerprint density at radius 2 is 1.77 bits per heavy atom. The van der Waals surface area contributed by atoms with Crippen LogP contribution in [0.3, 0.4) is 0 Å². The van der Waals surface area contributed by atoms with Crippen LogP contribution in [0.4, 0.5) is 5.69 Å². The van der Waals surface area contributed by atoms with Gasteiger partial charge < -0.3 is 28.8 Å². The van der Waals surface area contributed by atoms with Crippen molar-refractivity contribution >= 4 is 24.8 Å². The van der Waals surface area contributed by atoms with Crippen LogP contribution in [0.25, 0.3) is 11.0 Å². The van der Waals surface area contributed by atoms with E-state index in [-0.39, 0.29) is 0 Å². The SMILES string of the molecule is CC(C)(C)OC(O)c1ccc(N2CCN([C@@H]3CCCCc4ccccc43)CC2)cc1Oc1cnc2c(ccn2COCC[Si](C)(C)C)c1. The second-order valence-electron chi connectivity index (χ2n) is 15.6. The predicted octanol–water partition coefficient (Wildman–Crippen LogP) is 8.54. The number of rotatable bonds is 11. The second kappa shape index (κ2) is 14.7. The molecule has 1 saturated heterocycles. The molecule has 258 valence electrons. The lowest BCUT2D eigenvalue weighted by molar-refractivity contribution is -0.170. The van der Waals surface area contributed by atoms with Crippen LogP contribution in [0.2, 0.25) is 25.7 Å². The zero-order chi connectivity index (χ0) is 33.9. The van der Waals surface area contributed by atoms with Crippen molar-refractivity contribution < 1.29 is 19.3 Å². The van der Waals surface area contributed by atoms with Crippen LogP contribution in [-0.4, -0.2) is 66.0 Å². The molecule has 0 radical (unpaired) electrons. The Bertz CT molecular complexity index is 1670. The van der Waals surface area contributed by atoms with Crippen LogP contribution in [0.5, 0.6) is 11.5 Å². The summed E-state index contributed by atoms with van der Waals surface area (Å²) in [6, 6.07) is 20.8. The zero-order valence-corrected chi connectivity index (χ0v) is 30.7. The summed E-state index contributed by atoms with van der Waals surface area (Å²) in [6.07, 6.45) is 7.59. The Morgan fingerprint density at radius 3 is 2.54 bits per heavy atom. The third kappa shape index (κ3) is 8.68. The van der Waals surface area contributed by atoms with Gasteiger partial charge in [-0.15, -0.1) is 0 Å². The first-order chi connectivity index (χ1) is 22.9. The fourth-order valence-corrected chi connectivity index (χ4v) is 7.62. The molecular weight excluding hydrogens is 617 g/mol. The number of aryl methyl sites for hydroxylation is 1. The summed E-state index contributed by atoms with van der Waals surface area (Å²) < 4.78 is 20.5. The van der Waals surface area contributed by atoms with Crippen molar-refractivity contribution in [2.24, 2.45) is 0 Å². The highest BCUT2D eigenvalue weighted by Crippen LogP contribution is 2.38. The van der Waals surface area contributed by atoms with E-state index < -0.39 is 20.0 Å². The molecule has 4 aromatic rings. The molecule has 6 rings (SSSR count). The molecule has 2 atom stereocenters. The number of ether oxygens (including phenoxy) is 3. The summed E-state index contributed by atoms with van der Waals surface area (Å²) in [5, 5.41) is 12.1. The van der Waals surface area contributed by atoms with Gasteiger partial charge in [0.05, 0.1) is 17.4 Å². The molecule has 0 bridgehead atoms. The first-order valence-corrected chi connectivity index (χ1v) is 21.4. The van der Waals surface area contributed by atoms with E-state index in [1.54, 1.807) is 6.20 Å². The number of pyridine rings is 1. The van der Waals surface area contributed by atoms with Crippen molar-refractivity contribution in [2.45, 2.75) is 96.8 Å². The fraction of sp³-hybridized carbons (Fsp3) is 0.513. The van der Waals surface area contributed by atoms with E-state index in [1.165, 1.54) is 36.8 Å². The topological polar surface area (TPSA) is 72.2 Å². The lowest BCUT2D eigenvalue weighted by Crippen LogP contribution is -2.47. The van der Waals surface area contributed by atoms with Crippen LogP contribution in [0, 0.1) is 0 Å². The maximum Gasteiger partial charge on any atom is 0.185 e. The average molecular weight is 671 g/mol. The highest BCUT2D eigenvalue weighted by atomic mass is 28.3. The van der Waals surface area contributed by atoms with E-state index in [4.69, 9.17) is 19.2 Å². The number of piperazine rings is 1. The van der Waals surface area contributed by atoms with Gasteiger partial charge in [-0.25, -0.2) is 4.98 Å². The van der Waals surface area contributed by atoms with Gasteiger partial charge in [0.15, 0.2) is 6.29 Å². The fourth-order valence-electron chi connectivity index (χ4n) is 6.86. The maximum atomic E-state index is 11.2. The van der Waals surface area contributed by atoms with Crippen molar-refractivity contribution in [2.75, 3.05) is 37.7 Å². The number of anilines is 1. The third-order valence-corrected chi connectivity index (χ3v) is 11.2. The first-order valence-electron chi connectivity index (χ1n) is 17.7.